The number of nitrogens with zero attached hydrogens (tertiary/aromatic N) is 4. The minimum absolute atomic E-state index is 0.0788. The molecule has 0 amide bonds. The zero-order chi connectivity index (χ0) is 26.9. The molecular formula is C28H34N4O6Si. The highest BCUT2D eigenvalue weighted by Gasteiger charge is 2.43. The standard InChI is InChI=1S/C28H34N4O6Si/c1-34-26-8-3-23(4-9-26)5-12-28(33)24-6-10-27(11-7-24)35-22-25-21-32(30-29-25)13-2-20-39-36-17-14-31(15-18-37-39)16-19-38-39/h3-12,21H,2,13-20,22H2,1H3/b12-5+. The van der Waals surface area contributed by atoms with Crippen LogP contribution >= 0.6 is 0 Å². The molecule has 0 saturated carbocycles. The Kier molecular flexibility index (Phi) is 9.17. The van der Waals surface area contributed by atoms with Gasteiger partial charge in [0.2, 0.25) is 0 Å². The third-order valence-electron chi connectivity index (χ3n) is 6.71. The molecule has 3 aliphatic rings. The van der Waals surface area contributed by atoms with E-state index in [0.717, 1.165) is 49.1 Å². The van der Waals surface area contributed by atoms with Crippen molar-refractivity contribution in [2.24, 2.45) is 0 Å². The molecule has 1 aromatic heterocycles. The number of fused-ring (bicyclic) bond motifs is 6. The summed E-state index contributed by atoms with van der Waals surface area (Å²) < 4.78 is 31.1. The zero-order valence-corrected chi connectivity index (χ0v) is 23.2. The number of carbonyl (C=O) groups excluding carboxylic acids is 1. The first kappa shape index (κ1) is 27.2. The van der Waals surface area contributed by atoms with Crippen LogP contribution in [-0.4, -0.2) is 81.0 Å². The first-order chi connectivity index (χ1) is 19.1. The second-order valence-electron chi connectivity index (χ2n) is 9.43. The van der Waals surface area contributed by atoms with Crippen LogP contribution in [0.1, 0.15) is 28.0 Å². The van der Waals surface area contributed by atoms with Gasteiger partial charge < -0.3 is 22.8 Å². The van der Waals surface area contributed by atoms with Crippen molar-refractivity contribution in [1.29, 1.82) is 0 Å². The maximum atomic E-state index is 12.5. The van der Waals surface area contributed by atoms with Crippen molar-refractivity contribution < 1.29 is 27.5 Å². The summed E-state index contributed by atoms with van der Waals surface area (Å²) in [5.74, 6) is 1.35. The summed E-state index contributed by atoms with van der Waals surface area (Å²) in [5, 5.41) is 8.45. The van der Waals surface area contributed by atoms with Crippen LogP contribution in [-0.2, 0) is 26.4 Å². The first-order valence-corrected chi connectivity index (χ1v) is 15.2. The lowest BCUT2D eigenvalue weighted by atomic mass is 10.1. The monoisotopic (exact) mass is 550 g/mol. The molecular weight excluding hydrogens is 516 g/mol. The van der Waals surface area contributed by atoms with Crippen molar-refractivity contribution in [1.82, 2.24) is 19.9 Å². The zero-order valence-electron chi connectivity index (χ0n) is 22.2. The Balaban J connectivity index is 1.06. The summed E-state index contributed by atoms with van der Waals surface area (Å²) in [6.45, 7) is 5.78. The molecule has 0 aliphatic carbocycles. The molecule has 0 atom stereocenters. The Morgan fingerprint density at radius 3 is 2.31 bits per heavy atom. The quantitative estimate of drug-likeness (QED) is 0.202. The van der Waals surface area contributed by atoms with Gasteiger partial charge in [-0.3, -0.25) is 14.4 Å². The Bertz CT molecular complexity index is 1220. The van der Waals surface area contributed by atoms with Crippen LogP contribution in [0.2, 0.25) is 6.04 Å². The normalized spacial score (nSPS) is 21.3. The van der Waals surface area contributed by atoms with Crippen LogP contribution < -0.4 is 9.47 Å². The van der Waals surface area contributed by atoms with Crippen LogP contribution in [0, 0.1) is 0 Å². The third kappa shape index (κ3) is 7.61. The van der Waals surface area contributed by atoms with E-state index in [1.54, 1.807) is 43.5 Å². The molecule has 0 N–H and O–H groups in total. The van der Waals surface area contributed by atoms with Crippen LogP contribution in [0.15, 0.2) is 60.8 Å². The molecule has 6 rings (SSSR count). The van der Waals surface area contributed by atoms with Gasteiger partial charge in [-0.2, -0.15) is 0 Å². The molecule has 2 bridgehead atoms. The highest BCUT2D eigenvalue weighted by molar-refractivity contribution is 6.60. The van der Waals surface area contributed by atoms with Crippen molar-refractivity contribution in [3.63, 3.8) is 0 Å². The Labute approximate surface area is 229 Å². The van der Waals surface area contributed by atoms with Gasteiger partial charge in [0.15, 0.2) is 5.78 Å². The number of benzene rings is 2. The van der Waals surface area contributed by atoms with Crippen molar-refractivity contribution in [3.05, 3.63) is 77.6 Å². The number of carbonyl (C=O) groups is 1. The van der Waals surface area contributed by atoms with Gasteiger partial charge >= 0.3 is 8.80 Å². The number of aromatic nitrogens is 3. The van der Waals surface area contributed by atoms with E-state index in [9.17, 15) is 4.79 Å². The van der Waals surface area contributed by atoms with Gasteiger partial charge in [-0.1, -0.05) is 23.4 Å². The number of ether oxygens (including phenoxy) is 2. The number of allylic oxidation sites excluding steroid dienone is 1. The lowest BCUT2D eigenvalue weighted by Crippen LogP contribution is -2.55. The van der Waals surface area contributed by atoms with E-state index < -0.39 is 8.80 Å². The minimum Gasteiger partial charge on any atom is -0.497 e. The summed E-state index contributed by atoms with van der Waals surface area (Å²) in [7, 11) is -0.996. The van der Waals surface area contributed by atoms with Gasteiger partial charge in [0.25, 0.3) is 0 Å². The highest BCUT2D eigenvalue weighted by Crippen LogP contribution is 2.22. The molecule has 3 fully saturated rings. The molecule has 4 heterocycles. The molecule has 206 valence electrons. The maximum Gasteiger partial charge on any atom is 0.501 e. The summed E-state index contributed by atoms with van der Waals surface area (Å²) in [4.78, 5) is 14.8. The van der Waals surface area contributed by atoms with E-state index in [-0.39, 0.29) is 12.4 Å². The second kappa shape index (κ2) is 13.1. The Morgan fingerprint density at radius 2 is 1.64 bits per heavy atom. The number of aryl methyl sites for hydroxylation is 1. The molecule has 0 unspecified atom stereocenters. The largest absolute Gasteiger partial charge is 0.501 e. The molecule has 2 aromatic carbocycles. The van der Waals surface area contributed by atoms with Crippen LogP contribution in [0.25, 0.3) is 6.08 Å². The SMILES string of the molecule is COc1ccc(/C=C/C(=O)c2ccc(OCc3cn(CCC[Si]45OCCN(CCO4)CCO5)nn3)cc2)cc1. The van der Waals surface area contributed by atoms with Gasteiger partial charge in [0.05, 0.1) is 33.1 Å². The van der Waals surface area contributed by atoms with E-state index in [4.69, 9.17) is 22.8 Å². The van der Waals surface area contributed by atoms with Crippen molar-refractivity contribution in [2.45, 2.75) is 25.6 Å². The second-order valence-corrected chi connectivity index (χ2v) is 12.2. The molecule has 3 aromatic rings. The van der Waals surface area contributed by atoms with Crippen LogP contribution in [0.4, 0.5) is 0 Å². The van der Waals surface area contributed by atoms with E-state index in [0.29, 0.717) is 37.7 Å². The lowest BCUT2D eigenvalue weighted by Gasteiger charge is -2.38. The van der Waals surface area contributed by atoms with Gasteiger partial charge in [0, 0.05) is 37.8 Å². The fourth-order valence-corrected chi connectivity index (χ4v) is 6.98. The predicted octanol–water partition coefficient (Wildman–Crippen LogP) is 3.47. The van der Waals surface area contributed by atoms with E-state index in [1.165, 1.54) is 0 Å². The van der Waals surface area contributed by atoms with Gasteiger partial charge in [-0.25, -0.2) is 0 Å². The predicted molar refractivity (Wildman–Crippen MR) is 147 cm³/mol. The van der Waals surface area contributed by atoms with Gasteiger partial charge in [0.1, 0.15) is 23.8 Å². The van der Waals surface area contributed by atoms with Crippen molar-refractivity contribution >= 4 is 20.7 Å². The number of hydrogen-bond donors (Lipinski definition) is 0. The Hall–Kier alpha value is -3.35. The van der Waals surface area contributed by atoms with Crippen molar-refractivity contribution in [3.8, 4) is 11.5 Å². The molecule has 11 heteroatoms. The molecule has 0 radical (unpaired) electrons. The molecule has 10 nitrogen and oxygen atoms in total. The smallest absolute Gasteiger partial charge is 0.497 e. The third-order valence-corrected chi connectivity index (χ3v) is 9.61. The molecule has 0 spiro atoms. The topological polar surface area (TPSA) is 97.2 Å². The lowest BCUT2D eigenvalue weighted by molar-refractivity contribution is -0.00869. The number of ketones is 1. The van der Waals surface area contributed by atoms with Crippen LogP contribution in [0.3, 0.4) is 0 Å². The summed E-state index contributed by atoms with van der Waals surface area (Å²) in [6, 6.07) is 15.4. The number of hydrogen-bond acceptors (Lipinski definition) is 9. The number of methoxy groups -OCH3 is 1. The average molecular weight is 551 g/mol. The van der Waals surface area contributed by atoms with E-state index in [2.05, 4.69) is 15.2 Å². The molecule has 3 saturated heterocycles. The number of rotatable bonds is 11. The fraction of sp³-hybridized carbons (Fsp3) is 0.393. The first-order valence-electron chi connectivity index (χ1n) is 13.2. The summed E-state index contributed by atoms with van der Waals surface area (Å²) in [5.41, 5.74) is 2.24. The van der Waals surface area contributed by atoms with Gasteiger partial charge in [-0.15, -0.1) is 5.10 Å². The Morgan fingerprint density at radius 1 is 0.974 bits per heavy atom. The highest BCUT2D eigenvalue weighted by atomic mass is 28.4. The summed E-state index contributed by atoms with van der Waals surface area (Å²) >= 11 is 0. The summed E-state index contributed by atoms with van der Waals surface area (Å²) in [6.07, 6.45) is 6.07. The fourth-order valence-electron chi connectivity index (χ4n) is 4.50. The van der Waals surface area contributed by atoms with Crippen molar-refractivity contribution in [2.75, 3.05) is 46.6 Å². The van der Waals surface area contributed by atoms with E-state index in [1.807, 2.05) is 35.1 Å². The maximum absolute atomic E-state index is 12.5. The molecule has 3 aliphatic heterocycles. The van der Waals surface area contributed by atoms with Crippen LogP contribution in [0.5, 0.6) is 11.5 Å². The van der Waals surface area contributed by atoms with Gasteiger partial charge in [-0.05, 0) is 54.5 Å². The minimum atomic E-state index is -2.62. The van der Waals surface area contributed by atoms with E-state index >= 15 is 0 Å². The molecule has 39 heavy (non-hydrogen) atoms. The average Bonchev–Trinajstić information content (AvgIpc) is 3.39.